The van der Waals surface area contributed by atoms with Crippen molar-refractivity contribution in [3.63, 3.8) is 0 Å². The maximum absolute atomic E-state index is 9.74. The van der Waals surface area contributed by atoms with Gasteiger partial charge in [0.15, 0.2) is 11.5 Å². The number of hydrogen-bond acceptors (Lipinski definition) is 4. The quantitative estimate of drug-likeness (QED) is 0.895. The molecule has 0 atom stereocenters. The Morgan fingerprint density at radius 3 is 2.52 bits per heavy atom. The largest absolute Gasteiger partial charge is 0.490 e. The standard InChI is InChI=1S/C17H25NO3/c19-13-17(7-2-1-3-8-17)18-12-14-5-6-15-16(11-14)21-10-4-9-20-15/h5-6,11,18-19H,1-4,7-10,12-13H2. The molecule has 0 unspecified atom stereocenters. The zero-order chi connectivity index (χ0) is 14.5. The van der Waals surface area contributed by atoms with Crippen molar-refractivity contribution in [1.29, 1.82) is 0 Å². The van der Waals surface area contributed by atoms with Crippen molar-refractivity contribution in [2.24, 2.45) is 0 Å². The highest BCUT2D eigenvalue weighted by atomic mass is 16.5. The number of aliphatic hydroxyl groups is 1. The van der Waals surface area contributed by atoms with Crippen LogP contribution in [-0.2, 0) is 6.54 Å². The summed E-state index contributed by atoms with van der Waals surface area (Å²) >= 11 is 0. The van der Waals surface area contributed by atoms with Gasteiger partial charge in [-0.3, -0.25) is 0 Å². The summed E-state index contributed by atoms with van der Waals surface area (Å²) in [5.41, 5.74) is 1.08. The van der Waals surface area contributed by atoms with Crippen LogP contribution in [0.1, 0.15) is 44.1 Å². The molecule has 4 heteroatoms. The Bertz CT molecular complexity index is 469. The zero-order valence-electron chi connectivity index (χ0n) is 12.6. The first-order chi connectivity index (χ1) is 10.3. The second-order valence-corrected chi connectivity index (χ2v) is 6.18. The first kappa shape index (κ1) is 14.7. The van der Waals surface area contributed by atoms with Crippen LogP contribution in [0, 0.1) is 0 Å². The Hall–Kier alpha value is -1.26. The van der Waals surface area contributed by atoms with Crippen LogP contribution in [-0.4, -0.2) is 30.5 Å². The van der Waals surface area contributed by atoms with Crippen LogP contribution in [0.3, 0.4) is 0 Å². The molecule has 2 aliphatic rings. The molecule has 1 heterocycles. The fourth-order valence-corrected chi connectivity index (χ4v) is 3.23. The lowest BCUT2D eigenvalue weighted by atomic mass is 9.82. The average Bonchev–Trinajstić information content (AvgIpc) is 2.78. The van der Waals surface area contributed by atoms with Crippen LogP contribution in [0.2, 0.25) is 0 Å². The highest BCUT2D eigenvalue weighted by molar-refractivity contribution is 5.43. The first-order valence-corrected chi connectivity index (χ1v) is 8.06. The van der Waals surface area contributed by atoms with E-state index in [0.717, 1.165) is 43.9 Å². The van der Waals surface area contributed by atoms with Gasteiger partial charge in [0.2, 0.25) is 0 Å². The Kier molecular flexibility index (Phi) is 4.66. The van der Waals surface area contributed by atoms with Gasteiger partial charge in [0, 0.05) is 18.5 Å². The van der Waals surface area contributed by atoms with E-state index >= 15 is 0 Å². The number of benzene rings is 1. The highest BCUT2D eigenvalue weighted by Crippen LogP contribution is 2.31. The lowest BCUT2D eigenvalue weighted by molar-refractivity contribution is 0.119. The predicted octanol–water partition coefficient (Wildman–Crippen LogP) is 2.63. The summed E-state index contributed by atoms with van der Waals surface area (Å²) in [6.45, 7) is 2.41. The molecule has 3 rings (SSSR count). The highest BCUT2D eigenvalue weighted by Gasteiger charge is 2.30. The van der Waals surface area contributed by atoms with Crippen LogP contribution >= 0.6 is 0 Å². The molecule has 0 amide bonds. The molecule has 1 aliphatic heterocycles. The molecule has 21 heavy (non-hydrogen) atoms. The van der Waals surface area contributed by atoms with E-state index in [2.05, 4.69) is 17.4 Å². The van der Waals surface area contributed by atoms with E-state index < -0.39 is 0 Å². The second kappa shape index (κ2) is 6.67. The third kappa shape index (κ3) is 3.50. The van der Waals surface area contributed by atoms with Crippen molar-refractivity contribution in [1.82, 2.24) is 5.32 Å². The van der Waals surface area contributed by atoms with Crippen molar-refractivity contribution >= 4 is 0 Å². The molecule has 1 saturated carbocycles. The van der Waals surface area contributed by atoms with Crippen LogP contribution in [0.4, 0.5) is 0 Å². The van der Waals surface area contributed by atoms with Gasteiger partial charge in [0.1, 0.15) is 0 Å². The summed E-state index contributed by atoms with van der Waals surface area (Å²) in [6, 6.07) is 6.13. The minimum Gasteiger partial charge on any atom is -0.490 e. The number of nitrogens with one attached hydrogen (secondary N) is 1. The molecule has 0 saturated heterocycles. The molecule has 1 fully saturated rings. The average molecular weight is 291 g/mol. The number of hydrogen-bond donors (Lipinski definition) is 2. The topological polar surface area (TPSA) is 50.7 Å². The summed E-state index contributed by atoms with van der Waals surface area (Å²) in [5, 5.41) is 13.3. The number of ether oxygens (including phenoxy) is 2. The van der Waals surface area contributed by atoms with Gasteiger partial charge in [0.25, 0.3) is 0 Å². The van der Waals surface area contributed by atoms with Gasteiger partial charge in [0.05, 0.1) is 19.8 Å². The fraction of sp³-hybridized carbons (Fsp3) is 0.647. The number of aliphatic hydroxyl groups excluding tert-OH is 1. The number of fused-ring (bicyclic) bond motifs is 1. The van der Waals surface area contributed by atoms with Gasteiger partial charge < -0.3 is 19.9 Å². The lowest BCUT2D eigenvalue weighted by Crippen LogP contribution is -2.49. The minimum atomic E-state index is -0.0948. The van der Waals surface area contributed by atoms with Gasteiger partial charge in [-0.1, -0.05) is 25.3 Å². The Balaban J connectivity index is 1.66. The molecule has 0 aromatic heterocycles. The van der Waals surface area contributed by atoms with Crippen molar-refractivity contribution in [2.45, 2.75) is 50.6 Å². The van der Waals surface area contributed by atoms with E-state index in [-0.39, 0.29) is 12.1 Å². The second-order valence-electron chi connectivity index (χ2n) is 6.18. The first-order valence-electron chi connectivity index (χ1n) is 8.06. The van der Waals surface area contributed by atoms with Gasteiger partial charge in [-0.2, -0.15) is 0 Å². The van der Waals surface area contributed by atoms with Crippen molar-refractivity contribution in [2.75, 3.05) is 19.8 Å². The SMILES string of the molecule is OCC1(NCc2ccc3c(c2)OCCCO3)CCCCC1. The van der Waals surface area contributed by atoms with Crippen LogP contribution in [0.15, 0.2) is 18.2 Å². The van der Waals surface area contributed by atoms with Crippen LogP contribution in [0.25, 0.3) is 0 Å². The summed E-state index contributed by atoms with van der Waals surface area (Å²) in [6.07, 6.45) is 6.74. The van der Waals surface area contributed by atoms with E-state index in [0.29, 0.717) is 6.61 Å². The maximum Gasteiger partial charge on any atom is 0.161 e. The monoisotopic (exact) mass is 291 g/mol. The van der Waals surface area contributed by atoms with Gasteiger partial charge in [-0.25, -0.2) is 0 Å². The third-order valence-corrected chi connectivity index (χ3v) is 4.59. The lowest BCUT2D eigenvalue weighted by Gasteiger charge is -2.36. The smallest absolute Gasteiger partial charge is 0.161 e. The van der Waals surface area contributed by atoms with Gasteiger partial charge >= 0.3 is 0 Å². The normalized spacial score (nSPS) is 20.8. The van der Waals surface area contributed by atoms with Crippen LogP contribution < -0.4 is 14.8 Å². The molecule has 1 aromatic carbocycles. The summed E-state index contributed by atoms with van der Waals surface area (Å²) < 4.78 is 11.4. The molecule has 0 radical (unpaired) electrons. The summed E-state index contributed by atoms with van der Waals surface area (Å²) in [5.74, 6) is 1.68. The molecule has 1 aromatic rings. The molecule has 0 bridgehead atoms. The molecule has 2 N–H and O–H groups in total. The van der Waals surface area contributed by atoms with Crippen molar-refractivity contribution in [3.8, 4) is 11.5 Å². The summed E-state index contributed by atoms with van der Waals surface area (Å²) in [7, 11) is 0. The molecular weight excluding hydrogens is 266 g/mol. The third-order valence-electron chi connectivity index (χ3n) is 4.59. The van der Waals surface area contributed by atoms with E-state index in [1.54, 1.807) is 0 Å². The molecule has 116 valence electrons. The minimum absolute atomic E-state index is 0.0948. The zero-order valence-corrected chi connectivity index (χ0v) is 12.6. The van der Waals surface area contributed by atoms with Crippen molar-refractivity contribution < 1.29 is 14.6 Å². The molecular formula is C17H25NO3. The van der Waals surface area contributed by atoms with E-state index in [9.17, 15) is 5.11 Å². The maximum atomic E-state index is 9.74. The Morgan fingerprint density at radius 2 is 1.76 bits per heavy atom. The Labute approximate surface area is 126 Å². The van der Waals surface area contributed by atoms with Gasteiger partial charge in [-0.15, -0.1) is 0 Å². The van der Waals surface area contributed by atoms with E-state index in [1.165, 1.54) is 24.8 Å². The molecule has 1 aliphatic carbocycles. The van der Waals surface area contributed by atoms with E-state index in [1.807, 2.05) is 6.07 Å². The molecule has 4 nitrogen and oxygen atoms in total. The molecule has 0 spiro atoms. The van der Waals surface area contributed by atoms with E-state index in [4.69, 9.17) is 9.47 Å². The van der Waals surface area contributed by atoms with Crippen molar-refractivity contribution in [3.05, 3.63) is 23.8 Å². The Morgan fingerprint density at radius 1 is 1.00 bits per heavy atom. The summed E-state index contributed by atoms with van der Waals surface area (Å²) in [4.78, 5) is 0. The predicted molar refractivity (Wildman–Crippen MR) is 81.8 cm³/mol. The van der Waals surface area contributed by atoms with Gasteiger partial charge in [-0.05, 0) is 30.5 Å². The van der Waals surface area contributed by atoms with Crippen LogP contribution in [0.5, 0.6) is 11.5 Å². The fourth-order valence-electron chi connectivity index (χ4n) is 3.23. The number of rotatable bonds is 4.